The van der Waals surface area contributed by atoms with Gasteiger partial charge in [0.1, 0.15) is 5.69 Å². The predicted octanol–water partition coefficient (Wildman–Crippen LogP) is 2.46. The summed E-state index contributed by atoms with van der Waals surface area (Å²) in [5.74, 6) is -0.836. The van der Waals surface area contributed by atoms with Gasteiger partial charge in [0.2, 0.25) is 0 Å². The molecular formula is C8H6ClF2NO2. The van der Waals surface area contributed by atoms with Crippen LogP contribution in [0.3, 0.4) is 0 Å². The lowest BCUT2D eigenvalue weighted by atomic mass is 10.3. The van der Waals surface area contributed by atoms with Crippen LogP contribution in [0.4, 0.5) is 8.78 Å². The van der Waals surface area contributed by atoms with Crippen LogP contribution in [-0.2, 0) is 4.74 Å². The number of carbonyl (C=O) groups excluding carboxylic acids is 1. The van der Waals surface area contributed by atoms with Gasteiger partial charge in [0.05, 0.1) is 12.1 Å². The van der Waals surface area contributed by atoms with Gasteiger partial charge in [-0.3, -0.25) is 0 Å². The molecule has 0 aromatic carbocycles. The van der Waals surface area contributed by atoms with Gasteiger partial charge < -0.3 is 4.74 Å². The number of rotatable bonds is 2. The van der Waals surface area contributed by atoms with Crippen molar-refractivity contribution < 1.29 is 18.3 Å². The van der Waals surface area contributed by atoms with E-state index in [9.17, 15) is 13.6 Å². The number of alkyl halides is 2. The maximum atomic E-state index is 12.2. The van der Waals surface area contributed by atoms with Gasteiger partial charge in [-0.2, -0.15) is 0 Å². The molecule has 0 unspecified atom stereocenters. The second kappa shape index (κ2) is 4.32. The smallest absolute Gasteiger partial charge is 0.358 e. The van der Waals surface area contributed by atoms with E-state index >= 15 is 0 Å². The Bertz CT molecular complexity index is 357. The fourth-order valence-corrected chi connectivity index (χ4v) is 1.00. The van der Waals surface area contributed by atoms with Gasteiger partial charge in [-0.25, -0.2) is 18.6 Å². The zero-order valence-corrected chi connectivity index (χ0v) is 7.89. The molecule has 1 aromatic heterocycles. The zero-order chi connectivity index (χ0) is 10.7. The molecule has 0 atom stereocenters. The standard InChI is InChI=1S/C8H6ClF2NO2/c1-14-8(13)6-4(9)2-3-5(12-6)7(10)11/h2-3,7H,1H3. The highest BCUT2D eigenvalue weighted by molar-refractivity contribution is 6.33. The molecule has 0 N–H and O–H groups in total. The summed E-state index contributed by atoms with van der Waals surface area (Å²) in [7, 11) is 1.12. The Morgan fingerprint density at radius 2 is 2.21 bits per heavy atom. The first-order chi connectivity index (χ1) is 6.56. The third-order valence-electron chi connectivity index (χ3n) is 1.47. The minimum absolute atomic E-state index is 0.0127. The van der Waals surface area contributed by atoms with Crippen molar-refractivity contribution in [3.05, 3.63) is 28.5 Å². The van der Waals surface area contributed by atoms with Crippen LogP contribution in [0.25, 0.3) is 0 Å². The second-order valence-corrected chi connectivity index (χ2v) is 2.77. The molecule has 1 aromatic rings. The van der Waals surface area contributed by atoms with Gasteiger partial charge in [-0.1, -0.05) is 11.6 Å². The lowest BCUT2D eigenvalue weighted by Crippen LogP contribution is -2.07. The van der Waals surface area contributed by atoms with Crippen molar-refractivity contribution in [1.82, 2.24) is 4.98 Å². The molecule has 0 amide bonds. The molecule has 0 saturated heterocycles. The number of carbonyl (C=O) groups is 1. The Balaban J connectivity index is 3.15. The lowest BCUT2D eigenvalue weighted by molar-refractivity contribution is 0.0592. The van der Waals surface area contributed by atoms with E-state index in [0.29, 0.717) is 0 Å². The first kappa shape index (κ1) is 10.8. The molecule has 1 rings (SSSR count). The van der Waals surface area contributed by atoms with E-state index in [1.807, 2.05) is 0 Å². The number of methoxy groups -OCH3 is 1. The molecule has 14 heavy (non-hydrogen) atoms. The lowest BCUT2D eigenvalue weighted by Gasteiger charge is -2.03. The summed E-state index contributed by atoms with van der Waals surface area (Å²) >= 11 is 5.57. The Kier molecular flexibility index (Phi) is 3.35. The molecule has 0 aliphatic heterocycles. The first-order valence-corrected chi connectivity index (χ1v) is 3.97. The molecule has 0 bridgehead atoms. The zero-order valence-electron chi connectivity index (χ0n) is 7.13. The Morgan fingerprint density at radius 3 is 2.71 bits per heavy atom. The van der Waals surface area contributed by atoms with Crippen molar-refractivity contribution in [2.75, 3.05) is 7.11 Å². The van der Waals surface area contributed by atoms with Crippen LogP contribution in [0.15, 0.2) is 12.1 Å². The Labute approximate surface area is 83.7 Å². The summed E-state index contributed by atoms with van der Waals surface area (Å²) in [6.07, 6.45) is -2.74. The summed E-state index contributed by atoms with van der Waals surface area (Å²) in [6.45, 7) is 0. The van der Waals surface area contributed by atoms with Crippen LogP contribution in [0.1, 0.15) is 22.6 Å². The highest BCUT2D eigenvalue weighted by Crippen LogP contribution is 2.21. The molecule has 0 aliphatic rings. The van der Waals surface area contributed by atoms with Crippen LogP contribution >= 0.6 is 11.6 Å². The molecule has 1 heterocycles. The van der Waals surface area contributed by atoms with E-state index in [1.54, 1.807) is 0 Å². The molecule has 3 nitrogen and oxygen atoms in total. The summed E-state index contributed by atoms with van der Waals surface area (Å²) in [4.78, 5) is 14.4. The fraction of sp³-hybridized carbons (Fsp3) is 0.250. The Morgan fingerprint density at radius 1 is 1.57 bits per heavy atom. The average Bonchev–Trinajstić information content (AvgIpc) is 2.17. The average molecular weight is 222 g/mol. The largest absolute Gasteiger partial charge is 0.464 e. The summed E-state index contributed by atoms with van der Waals surface area (Å²) in [6, 6.07) is 2.24. The number of esters is 1. The van der Waals surface area contributed by atoms with Crippen molar-refractivity contribution in [2.24, 2.45) is 0 Å². The van der Waals surface area contributed by atoms with E-state index in [-0.39, 0.29) is 10.7 Å². The number of pyridine rings is 1. The fourth-order valence-electron chi connectivity index (χ4n) is 0.819. The molecule has 76 valence electrons. The van der Waals surface area contributed by atoms with Crippen LogP contribution < -0.4 is 0 Å². The van der Waals surface area contributed by atoms with Crippen molar-refractivity contribution in [3.8, 4) is 0 Å². The van der Waals surface area contributed by atoms with Gasteiger partial charge in [-0.15, -0.1) is 0 Å². The summed E-state index contributed by atoms with van der Waals surface area (Å²) in [5, 5.41) is -0.0127. The van der Waals surface area contributed by atoms with Crippen LogP contribution in [0.5, 0.6) is 0 Å². The van der Waals surface area contributed by atoms with E-state index in [4.69, 9.17) is 11.6 Å². The van der Waals surface area contributed by atoms with Crippen molar-refractivity contribution >= 4 is 17.6 Å². The van der Waals surface area contributed by atoms with Gasteiger partial charge in [-0.05, 0) is 12.1 Å². The van der Waals surface area contributed by atoms with E-state index in [1.165, 1.54) is 6.07 Å². The quantitative estimate of drug-likeness (QED) is 0.720. The predicted molar refractivity (Wildman–Crippen MR) is 45.5 cm³/mol. The SMILES string of the molecule is COC(=O)c1nc(C(F)F)ccc1Cl. The summed E-state index contributed by atoms with van der Waals surface area (Å²) < 4.78 is 28.7. The van der Waals surface area contributed by atoms with Crippen molar-refractivity contribution in [1.29, 1.82) is 0 Å². The molecular weight excluding hydrogens is 216 g/mol. The minimum Gasteiger partial charge on any atom is -0.464 e. The number of halogens is 3. The number of hydrogen-bond acceptors (Lipinski definition) is 3. The second-order valence-electron chi connectivity index (χ2n) is 2.36. The minimum atomic E-state index is -2.74. The molecule has 6 heteroatoms. The van der Waals surface area contributed by atoms with E-state index in [0.717, 1.165) is 13.2 Å². The third-order valence-corrected chi connectivity index (χ3v) is 1.77. The Hall–Kier alpha value is -1.23. The third kappa shape index (κ3) is 2.17. The number of hydrogen-bond donors (Lipinski definition) is 0. The molecule has 0 aliphatic carbocycles. The monoisotopic (exact) mass is 221 g/mol. The summed E-state index contributed by atoms with van der Waals surface area (Å²) in [5.41, 5.74) is -0.804. The number of nitrogens with zero attached hydrogens (tertiary/aromatic N) is 1. The number of ether oxygens (including phenoxy) is 1. The molecule has 0 radical (unpaired) electrons. The maximum Gasteiger partial charge on any atom is 0.358 e. The van der Waals surface area contributed by atoms with E-state index in [2.05, 4.69) is 9.72 Å². The van der Waals surface area contributed by atoms with Crippen LogP contribution in [0.2, 0.25) is 5.02 Å². The highest BCUT2D eigenvalue weighted by atomic mass is 35.5. The van der Waals surface area contributed by atoms with Crippen molar-refractivity contribution in [3.63, 3.8) is 0 Å². The first-order valence-electron chi connectivity index (χ1n) is 3.59. The molecule has 0 fully saturated rings. The molecule has 0 spiro atoms. The van der Waals surface area contributed by atoms with Crippen LogP contribution in [-0.4, -0.2) is 18.1 Å². The topological polar surface area (TPSA) is 39.2 Å². The van der Waals surface area contributed by atoms with Gasteiger partial charge >= 0.3 is 5.97 Å². The van der Waals surface area contributed by atoms with Gasteiger partial charge in [0, 0.05) is 0 Å². The van der Waals surface area contributed by atoms with Crippen molar-refractivity contribution in [2.45, 2.75) is 6.43 Å². The number of aromatic nitrogens is 1. The van der Waals surface area contributed by atoms with E-state index < -0.39 is 18.1 Å². The molecule has 0 saturated carbocycles. The van der Waals surface area contributed by atoms with Gasteiger partial charge in [0.15, 0.2) is 5.69 Å². The normalized spacial score (nSPS) is 10.4. The van der Waals surface area contributed by atoms with Crippen LogP contribution in [0, 0.1) is 0 Å². The van der Waals surface area contributed by atoms with Gasteiger partial charge in [0.25, 0.3) is 6.43 Å². The maximum absolute atomic E-state index is 12.2. The highest BCUT2D eigenvalue weighted by Gasteiger charge is 2.17.